The van der Waals surface area contributed by atoms with E-state index < -0.39 is 17.6 Å². The number of pyridine rings is 1. The van der Waals surface area contributed by atoms with Gasteiger partial charge in [-0.25, -0.2) is 14.6 Å². The minimum Gasteiger partial charge on any atom is -0.478 e. The average molecular weight is 263 g/mol. The molecule has 0 fully saturated rings. The SMILES string of the molecule is CN1C=CN(Cc2cnc(C(=O)O)c(C(=O)O)c2)C1. The van der Waals surface area contributed by atoms with Crippen LogP contribution in [0.5, 0.6) is 0 Å². The molecule has 0 aromatic carbocycles. The zero-order valence-electron chi connectivity index (χ0n) is 10.3. The van der Waals surface area contributed by atoms with Gasteiger partial charge in [-0.3, -0.25) is 0 Å². The van der Waals surface area contributed by atoms with Crippen molar-refractivity contribution in [3.05, 3.63) is 41.5 Å². The molecule has 2 rings (SSSR count). The summed E-state index contributed by atoms with van der Waals surface area (Å²) in [7, 11) is 1.92. The summed E-state index contributed by atoms with van der Waals surface area (Å²) < 4.78 is 0. The van der Waals surface area contributed by atoms with Crippen LogP contribution in [0.25, 0.3) is 0 Å². The fourth-order valence-electron chi connectivity index (χ4n) is 1.85. The molecule has 1 aliphatic heterocycles. The number of hydrogen-bond donors (Lipinski definition) is 2. The predicted molar refractivity (Wildman–Crippen MR) is 65.5 cm³/mol. The topological polar surface area (TPSA) is 94.0 Å². The zero-order valence-corrected chi connectivity index (χ0v) is 10.3. The number of hydrogen-bond acceptors (Lipinski definition) is 5. The van der Waals surface area contributed by atoms with Crippen LogP contribution in [0.4, 0.5) is 0 Å². The van der Waals surface area contributed by atoms with E-state index >= 15 is 0 Å². The molecule has 1 aliphatic rings. The molecule has 0 saturated heterocycles. The number of carbonyl (C=O) groups is 2. The molecule has 1 aromatic rings. The molecule has 1 aromatic heterocycles. The van der Waals surface area contributed by atoms with E-state index in [1.54, 1.807) is 0 Å². The first kappa shape index (κ1) is 12.9. The van der Waals surface area contributed by atoms with Gasteiger partial charge in [0.05, 0.1) is 12.2 Å². The van der Waals surface area contributed by atoms with Crippen LogP contribution in [0.3, 0.4) is 0 Å². The summed E-state index contributed by atoms with van der Waals surface area (Å²) in [5.41, 5.74) is -0.0748. The molecule has 7 nitrogen and oxygen atoms in total. The Hall–Kier alpha value is -2.57. The van der Waals surface area contributed by atoms with Crippen molar-refractivity contribution < 1.29 is 19.8 Å². The molecule has 19 heavy (non-hydrogen) atoms. The van der Waals surface area contributed by atoms with E-state index in [0.717, 1.165) is 0 Å². The molecule has 7 heteroatoms. The largest absolute Gasteiger partial charge is 0.478 e. The number of carboxylic acids is 2. The molecule has 2 heterocycles. The number of carboxylic acid groups (broad SMARTS) is 2. The summed E-state index contributed by atoms with van der Waals surface area (Å²) >= 11 is 0. The van der Waals surface area contributed by atoms with E-state index in [2.05, 4.69) is 4.98 Å². The van der Waals surface area contributed by atoms with Gasteiger partial charge < -0.3 is 20.0 Å². The summed E-state index contributed by atoms with van der Waals surface area (Å²) in [6.07, 6.45) is 5.17. The zero-order chi connectivity index (χ0) is 14.0. The highest BCUT2D eigenvalue weighted by molar-refractivity contribution is 6.00. The maximum atomic E-state index is 11.0. The summed E-state index contributed by atoms with van der Waals surface area (Å²) in [6.45, 7) is 1.18. The second-order valence-electron chi connectivity index (χ2n) is 4.29. The first-order valence-corrected chi connectivity index (χ1v) is 5.55. The Bertz CT molecular complexity index is 556. The second kappa shape index (κ2) is 4.97. The molecule has 0 radical (unpaired) electrons. The molecule has 100 valence electrons. The Labute approximate surface area is 109 Å². The van der Waals surface area contributed by atoms with E-state index in [9.17, 15) is 9.59 Å². The molecule has 0 spiro atoms. The quantitative estimate of drug-likeness (QED) is 0.823. The van der Waals surface area contributed by atoms with Crippen molar-refractivity contribution in [2.45, 2.75) is 6.54 Å². The maximum absolute atomic E-state index is 11.0. The molecular formula is C12H13N3O4. The summed E-state index contributed by atoms with van der Waals surface area (Å²) in [4.78, 5) is 29.5. The predicted octanol–water partition coefficient (Wildman–Crippen LogP) is 0.654. The lowest BCUT2D eigenvalue weighted by Crippen LogP contribution is -2.22. The van der Waals surface area contributed by atoms with Gasteiger partial charge in [0.15, 0.2) is 5.69 Å². The average Bonchev–Trinajstić information content (AvgIpc) is 2.74. The lowest BCUT2D eigenvalue weighted by atomic mass is 10.1. The third-order valence-electron chi connectivity index (χ3n) is 2.70. The third kappa shape index (κ3) is 2.82. The first-order chi connectivity index (χ1) is 8.97. The molecule has 0 unspecified atom stereocenters. The highest BCUT2D eigenvalue weighted by Crippen LogP contribution is 2.14. The molecule has 0 bridgehead atoms. The van der Waals surface area contributed by atoms with E-state index in [1.165, 1.54) is 12.3 Å². The van der Waals surface area contributed by atoms with Gasteiger partial charge >= 0.3 is 11.9 Å². The van der Waals surface area contributed by atoms with Crippen molar-refractivity contribution in [2.24, 2.45) is 0 Å². The standard InChI is InChI=1S/C12H13N3O4/c1-14-2-3-15(7-14)6-8-4-9(11(16)17)10(12(18)19)13-5-8/h2-5H,6-7H2,1H3,(H,16,17)(H,18,19). The number of nitrogens with zero attached hydrogens (tertiary/aromatic N) is 3. The van der Waals surface area contributed by atoms with E-state index in [0.29, 0.717) is 18.8 Å². The Balaban J connectivity index is 2.23. The Morgan fingerprint density at radius 1 is 1.32 bits per heavy atom. The van der Waals surface area contributed by atoms with Gasteiger partial charge in [-0.1, -0.05) is 0 Å². The van der Waals surface area contributed by atoms with Crippen molar-refractivity contribution in [1.82, 2.24) is 14.8 Å². The van der Waals surface area contributed by atoms with Crippen LogP contribution in [-0.4, -0.2) is 50.7 Å². The highest BCUT2D eigenvalue weighted by Gasteiger charge is 2.19. The van der Waals surface area contributed by atoms with E-state index in [4.69, 9.17) is 10.2 Å². The Morgan fingerprint density at radius 2 is 2.05 bits per heavy atom. The maximum Gasteiger partial charge on any atom is 0.355 e. The van der Waals surface area contributed by atoms with Gasteiger partial charge in [-0.05, 0) is 11.6 Å². The second-order valence-corrected chi connectivity index (χ2v) is 4.29. The number of aromatic nitrogens is 1. The van der Waals surface area contributed by atoms with Gasteiger partial charge in [0.2, 0.25) is 0 Å². The van der Waals surface area contributed by atoms with E-state index in [-0.39, 0.29) is 5.56 Å². The van der Waals surface area contributed by atoms with Crippen LogP contribution in [0.15, 0.2) is 24.7 Å². The minimum atomic E-state index is -1.34. The first-order valence-electron chi connectivity index (χ1n) is 5.55. The summed E-state index contributed by atoms with van der Waals surface area (Å²) in [5, 5.41) is 17.9. The molecular weight excluding hydrogens is 250 g/mol. The summed E-state index contributed by atoms with van der Waals surface area (Å²) in [6, 6.07) is 1.35. The number of rotatable bonds is 4. The third-order valence-corrected chi connectivity index (χ3v) is 2.70. The molecule has 0 saturated carbocycles. The lowest BCUT2D eigenvalue weighted by Gasteiger charge is -2.18. The smallest absolute Gasteiger partial charge is 0.355 e. The van der Waals surface area contributed by atoms with Crippen LogP contribution in [0.1, 0.15) is 26.4 Å². The fraction of sp³-hybridized carbons (Fsp3) is 0.250. The van der Waals surface area contributed by atoms with Crippen LogP contribution in [0, 0.1) is 0 Å². The molecule has 0 atom stereocenters. The molecule has 0 aliphatic carbocycles. The van der Waals surface area contributed by atoms with Crippen LogP contribution in [0.2, 0.25) is 0 Å². The van der Waals surface area contributed by atoms with Crippen molar-refractivity contribution in [1.29, 1.82) is 0 Å². The van der Waals surface area contributed by atoms with Gasteiger partial charge in [-0.2, -0.15) is 0 Å². The van der Waals surface area contributed by atoms with Gasteiger partial charge in [0, 0.05) is 32.2 Å². The van der Waals surface area contributed by atoms with Crippen molar-refractivity contribution in [2.75, 3.05) is 13.7 Å². The van der Waals surface area contributed by atoms with Crippen LogP contribution >= 0.6 is 0 Å². The van der Waals surface area contributed by atoms with Crippen molar-refractivity contribution >= 4 is 11.9 Å². The van der Waals surface area contributed by atoms with Crippen molar-refractivity contribution in [3.63, 3.8) is 0 Å². The van der Waals surface area contributed by atoms with Crippen LogP contribution in [-0.2, 0) is 6.54 Å². The molecule has 0 amide bonds. The Morgan fingerprint density at radius 3 is 2.58 bits per heavy atom. The minimum absolute atomic E-state index is 0.290. The monoisotopic (exact) mass is 263 g/mol. The number of aromatic carboxylic acids is 2. The Kier molecular flexibility index (Phi) is 3.37. The fourth-order valence-corrected chi connectivity index (χ4v) is 1.85. The lowest BCUT2D eigenvalue weighted by molar-refractivity contribution is 0.0646. The normalized spacial score (nSPS) is 13.9. The van der Waals surface area contributed by atoms with Gasteiger partial charge in [0.1, 0.15) is 0 Å². The van der Waals surface area contributed by atoms with Crippen molar-refractivity contribution in [3.8, 4) is 0 Å². The molecule has 2 N–H and O–H groups in total. The van der Waals surface area contributed by atoms with Gasteiger partial charge in [-0.15, -0.1) is 0 Å². The highest BCUT2D eigenvalue weighted by atomic mass is 16.4. The van der Waals surface area contributed by atoms with E-state index in [1.807, 2.05) is 29.2 Å². The summed E-state index contributed by atoms with van der Waals surface area (Å²) in [5.74, 6) is -2.63. The van der Waals surface area contributed by atoms with Crippen LogP contribution < -0.4 is 0 Å². The van der Waals surface area contributed by atoms with Gasteiger partial charge in [0.25, 0.3) is 0 Å².